The Morgan fingerprint density at radius 2 is 1.89 bits per heavy atom. The van der Waals surface area contributed by atoms with E-state index in [2.05, 4.69) is 10.3 Å². The van der Waals surface area contributed by atoms with Gasteiger partial charge >= 0.3 is 6.18 Å². The lowest BCUT2D eigenvalue weighted by atomic mass is 9.84. The predicted molar refractivity (Wildman–Crippen MR) is 64.6 cm³/mol. The third kappa shape index (κ3) is 2.76. The molecular formula is C13H17F3N2. The number of rotatable bonds is 2. The lowest BCUT2D eigenvalue weighted by Crippen LogP contribution is -2.13. The molecule has 0 aromatic carbocycles. The van der Waals surface area contributed by atoms with Crippen molar-refractivity contribution >= 4 is 5.82 Å². The first-order chi connectivity index (χ1) is 8.52. The number of nitrogens with one attached hydrogen (secondary N) is 1. The van der Waals surface area contributed by atoms with Gasteiger partial charge < -0.3 is 5.32 Å². The monoisotopic (exact) mass is 258 g/mol. The van der Waals surface area contributed by atoms with E-state index in [-0.39, 0.29) is 11.7 Å². The summed E-state index contributed by atoms with van der Waals surface area (Å²) in [6.07, 6.45) is 2.55. The SMILES string of the molecule is CNc1ncc(C2CCCCC2)cc1C(F)(F)F. The number of hydrogen-bond donors (Lipinski definition) is 1. The van der Waals surface area contributed by atoms with Gasteiger partial charge in [-0.25, -0.2) is 4.98 Å². The molecule has 0 bridgehead atoms. The van der Waals surface area contributed by atoms with E-state index < -0.39 is 11.7 Å². The Kier molecular flexibility index (Phi) is 3.78. The second kappa shape index (κ2) is 5.16. The summed E-state index contributed by atoms with van der Waals surface area (Å²) in [7, 11) is 1.46. The molecular weight excluding hydrogens is 241 g/mol. The van der Waals surface area contributed by atoms with Crippen LogP contribution in [0.4, 0.5) is 19.0 Å². The summed E-state index contributed by atoms with van der Waals surface area (Å²) in [5.41, 5.74) is 0.0640. The van der Waals surface area contributed by atoms with Crippen LogP contribution in [0.25, 0.3) is 0 Å². The van der Waals surface area contributed by atoms with Crippen LogP contribution in [0.5, 0.6) is 0 Å². The molecule has 0 atom stereocenters. The maximum absolute atomic E-state index is 12.9. The van der Waals surface area contributed by atoms with E-state index in [1.54, 1.807) is 6.20 Å². The number of anilines is 1. The fraction of sp³-hybridized carbons (Fsp3) is 0.615. The van der Waals surface area contributed by atoms with Crippen LogP contribution in [0.15, 0.2) is 12.3 Å². The van der Waals surface area contributed by atoms with Gasteiger partial charge in [0.15, 0.2) is 0 Å². The number of nitrogens with zero attached hydrogens (tertiary/aromatic N) is 1. The van der Waals surface area contributed by atoms with Crippen molar-refractivity contribution in [3.63, 3.8) is 0 Å². The van der Waals surface area contributed by atoms with Gasteiger partial charge in [-0.05, 0) is 30.4 Å². The molecule has 18 heavy (non-hydrogen) atoms. The summed E-state index contributed by atoms with van der Waals surface area (Å²) in [5, 5.41) is 2.50. The molecule has 1 fully saturated rings. The Morgan fingerprint density at radius 1 is 1.22 bits per heavy atom. The van der Waals surface area contributed by atoms with Crippen LogP contribution in [-0.2, 0) is 6.18 Å². The quantitative estimate of drug-likeness (QED) is 0.860. The predicted octanol–water partition coefficient (Wildman–Crippen LogP) is 4.19. The Bertz CT molecular complexity index is 409. The normalized spacial score (nSPS) is 17.8. The molecule has 0 aliphatic heterocycles. The molecule has 1 aromatic heterocycles. The Hall–Kier alpha value is -1.26. The zero-order valence-electron chi connectivity index (χ0n) is 10.3. The molecule has 1 N–H and O–H groups in total. The molecule has 0 spiro atoms. The zero-order valence-corrected chi connectivity index (χ0v) is 10.3. The summed E-state index contributed by atoms with van der Waals surface area (Å²) in [4.78, 5) is 3.91. The fourth-order valence-corrected chi connectivity index (χ4v) is 2.56. The van der Waals surface area contributed by atoms with E-state index in [1.165, 1.54) is 19.5 Å². The average Bonchev–Trinajstić information content (AvgIpc) is 2.38. The van der Waals surface area contributed by atoms with Crippen molar-refractivity contribution in [3.8, 4) is 0 Å². The fourth-order valence-electron chi connectivity index (χ4n) is 2.56. The van der Waals surface area contributed by atoms with Gasteiger partial charge in [0.2, 0.25) is 0 Å². The van der Waals surface area contributed by atoms with Gasteiger partial charge in [-0.3, -0.25) is 0 Å². The van der Waals surface area contributed by atoms with Crippen molar-refractivity contribution in [1.82, 2.24) is 4.98 Å². The summed E-state index contributed by atoms with van der Waals surface area (Å²) in [5.74, 6) is 0.139. The van der Waals surface area contributed by atoms with Crippen LogP contribution in [0, 0.1) is 0 Å². The smallest absolute Gasteiger partial charge is 0.373 e. The highest BCUT2D eigenvalue weighted by Gasteiger charge is 2.35. The zero-order chi connectivity index (χ0) is 13.2. The molecule has 2 rings (SSSR count). The number of alkyl halides is 3. The van der Waals surface area contributed by atoms with Crippen LogP contribution >= 0.6 is 0 Å². The molecule has 0 unspecified atom stereocenters. The minimum Gasteiger partial charge on any atom is -0.373 e. The Balaban J connectivity index is 2.33. The van der Waals surface area contributed by atoms with Crippen molar-refractivity contribution in [3.05, 3.63) is 23.4 Å². The summed E-state index contributed by atoms with van der Waals surface area (Å²) >= 11 is 0. The van der Waals surface area contributed by atoms with Crippen LogP contribution in [0.1, 0.15) is 49.1 Å². The molecule has 2 nitrogen and oxygen atoms in total. The van der Waals surface area contributed by atoms with E-state index in [0.29, 0.717) is 0 Å². The van der Waals surface area contributed by atoms with Gasteiger partial charge in [-0.2, -0.15) is 13.2 Å². The van der Waals surface area contributed by atoms with Crippen LogP contribution in [0.3, 0.4) is 0 Å². The van der Waals surface area contributed by atoms with Crippen LogP contribution in [0.2, 0.25) is 0 Å². The standard InChI is InChI=1S/C13H17F3N2/c1-17-12-11(13(14,15)16)7-10(8-18-12)9-5-3-2-4-6-9/h7-9H,2-6H2,1H3,(H,17,18). The highest BCUT2D eigenvalue weighted by Crippen LogP contribution is 2.38. The first-order valence-corrected chi connectivity index (χ1v) is 6.27. The van der Waals surface area contributed by atoms with E-state index in [1.807, 2.05) is 0 Å². The molecule has 1 saturated carbocycles. The van der Waals surface area contributed by atoms with Crippen molar-refractivity contribution in [2.75, 3.05) is 12.4 Å². The minimum atomic E-state index is -4.35. The minimum absolute atomic E-state index is 0.0953. The van der Waals surface area contributed by atoms with Crippen LogP contribution < -0.4 is 5.32 Å². The molecule has 0 amide bonds. The second-order valence-corrected chi connectivity index (χ2v) is 4.75. The van der Waals surface area contributed by atoms with Gasteiger partial charge in [0, 0.05) is 13.2 Å². The van der Waals surface area contributed by atoms with E-state index in [9.17, 15) is 13.2 Å². The first-order valence-electron chi connectivity index (χ1n) is 6.27. The number of aromatic nitrogens is 1. The lowest BCUT2D eigenvalue weighted by Gasteiger charge is -2.23. The van der Waals surface area contributed by atoms with Crippen molar-refractivity contribution < 1.29 is 13.2 Å². The Morgan fingerprint density at radius 3 is 2.44 bits per heavy atom. The van der Waals surface area contributed by atoms with Crippen molar-refractivity contribution in [2.24, 2.45) is 0 Å². The summed E-state index contributed by atoms with van der Waals surface area (Å²) in [6.45, 7) is 0. The molecule has 1 aliphatic carbocycles. The lowest BCUT2D eigenvalue weighted by molar-refractivity contribution is -0.137. The maximum Gasteiger partial charge on any atom is 0.419 e. The Labute approximate surface area is 105 Å². The van der Waals surface area contributed by atoms with Gasteiger partial charge in [-0.1, -0.05) is 19.3 Å². The topological polar surface area (TPSA) is 24.9 Å². The van der Waals surface area contributed by atoms with Gasteiger partial charge in [0.25, 0.3) is 0 Å². The molecule has 1 aliphatic rings. The highest BCUT2D eigenvalue weighted by atomic mass is 19.4. The van der Waals surface area contributed by atoms with E-state index >= 15 is 0 Å². The van der Waals surface area contributed by atoms with Gasteiger partial charge in [0.05, 0.1) is 5.56 Å². The van der Waals surface area contributed by atoms with Gasteiger partial charge in [0.1, 0.15) is 5.82 Å². The van der Waals surface area contributed by atoms with Crippen molar-refractivity contribution in [2.45, 2.75) is 44.2 Å². The second-order valence-electron chi connectivity index (χ2n) is 4.75. The van der Waals surface area contributed by atoms with Crippen molar-refractivity contribution in [1.29, 1.82) is 0 Å². The number of hydrogen-bond acceptors (Lipinski definition) is 2. The summed E-state index contributed by atoms with van der Waals surface area (Å²) < 4.78 is 38.7. The average molecular weight is 258 g/mol. The molecule has 0 radical (unpaired) electrons. The molecule has 100 valence electrons. The largest absolute Gasteiger partial charge is 0.419 e. The van der Waals surface area contributed by atoms with Crippen LogP contribution in [-0.4, -0.2) is 12.0 Å². The summed E-state index contributed by atoms with van der Waals surface area (Å²) in [6, 6.07) is 1.26. The molecule has 0 saturated heterocycles. The molecule has 1 heterocycles. The maximum atomic E-state index is 12.9. The highest BCUT2D eigenvalue weighted by molar-refractivity contribution is 5.47. The van der Waals surface area contributed by atoms with E-state index in [0.717, 1.165) is 31.2 Å². The molecule has 5 heteroatoms. The van der Waals surface area contributed by atoms with E-state index in [4.69, 9.17) is 0 Å². The third-order valence-electron chi connectivity index (χ3n) is 3.53. The number of halogens is 3. The first kappa shape index (κ1) is 13.2. The number of pyridine rings is 1. The van der Waals surface area contributed by atoms with Gasteiger partial charge in [-0.15, -0.1) is 0 Å². The third-order valence-corrected chi connectivity index (χ3v) is 3.53. The molecule has 1 aromatic rings.